The van der Waals surface area contributed by atoms with Crippen LogP contribution in [0.4, 0.5) is 5.69 Å². The number of rotatable bonds is 4. The molecule has 2 rings (SSSR count). The topological polar surface area (TPSA) is 55.6 Å². The number of carbonyl (C=O) groups excluding carboxylic acids is 1. The largest absolute Gasteiger partial charge is 0.497 e. The maximum atomic E-state index is 12.5. The van der Waals surface area contributed by atoms with E-state index in [0.717, 1.165) is 5.56 Å². The molecule has 21 heavy (non-hydrogen) atoms. The summed E-state index contributed by atoms with van der Waals surface area (Å²) < 4.78 is 5.15. The van der Waals surface area contributed by atoms with Crippen LogP contribution in [0.5, 0.6) is 5.75 Å². The van der Waals surface area contributed by atoms with Crippen LogP contribution in [0.15, 0.2) is 42.5 Å². The Morgan fingerprint density at radius 3 is 2.48 bits per heavy atom. The molecule has 0 aromatic heterocycles. The lowest BCUT2D eigenvalue weighted by molar-refractivity contribution is 0.0785. The van der Waals surface area contributed by atoms with Gasteiger partial charge in [0.05, 0.1) is 7.11 Å². The number of hydrogen-bond acceptors (Lipinski definition) is 3. The van der Waals surface area contributed by atoms with Crippen LogP contribution >= 0.6 is 0 Å². The van der Waals surface area contributed by atoms with Crippen molar-refractivity contribution < 1.29 is 9.53 Å². The number of nitrogens with two attached hydrogens (primary N) is 1. The van der Waals surface area contributed by atoms with Crippen LogP contribution in [0.1, 0.15) is 21.5 Å². The first kappa shape index (κ1) is 14.9. The van der Waals surface area contributed by atoms with Gasteiger partial charge in [0, 0.05) is 30.9 Å². The Labute approximate surface area is 125 Å². The number of benzene rings is 2. The molecule has 4 heteroatoms. The van der Waals surface area contributed by atoms with E-state index < -0.39 is 0 Å². The molecule has 4 nitrogen and oxygen atoms in total. The molecule has 0 aliphatic carbocycles. The second-order valence-electron chi connectivity index (χ2n) is 5.14. The van der Waals surface area contributed by atoms with Crippen LogP contribution in [0.2, 0.25) is 0 Å². The van der Waals surface area contributed by atoms with Crippen molar-refractivity contribution in [2.75, 3.05) is 19.9 Å². The Hall–Kier alpha value is -2.49. The minimum absolute atomic E-state index is 0.0822. The number of nitrogens with zero attached hydrogens (tertiary/aromatic N) is 1. The number of carbonyl (C=O) groups is 1. The first-order chi connectivity index (χ1) is 9.99. The molecule has 2 aromatic carbocycles. The minimum atomic E-state index is -0.0822. The standard InChI is InChI=1S/C17H20N2O2/c1-12-4-6-13(7-5-12)11-19(2)17(20)14-8-15(18)10-16(9-14)21-3/h4-10H,11,18H2,1-3H3. The van der Waals surface area contributed by atoms with Crippen LogP contribution in [0, 0.1) is 6.92 Å². The highest BCUT2D eigenvalue weighted by Gasteiger charge is 2.13. The lowest BCUT2D eigenvalue weighted by Crippen LogP contribution is -2.26. The second kappa shape index (κ2) is 6.31. The molecule has 0 spiro atoms. The normalized spacial score (nSPS) is 10.2. The Bertz CT molecular complexity index is 636. The lowest BCUT2D eigenvalue weighted by atomic mass is 10.1. The quantitative estimate of drug-likeness (QED) is 0.878. The third kappa shape index (κ3) is 3.75. The highest BCUT2D eigenvalue weighted by molar-refractivity contribution is 5.95. The number of amides is 1. The third-order valence-corrected chi connectivity index (χ3v) is 3.30. The molecule has 0 bridgehead atoms. The highest BCUT2D eigenvalue weighted by Crippen LogP contribution is 2.20. The van der Waals surface area contributed by atoms with Gasteiger partial charge in [-0.05, 0) is 24.6 Å². The van der Waals surface area contributed by atoms with Crippen LogP contribution in [-0.4, -0.2) is 25.0 Å². The monoisotopic (exact) mass is 284 g/mol. The molecular formula is C17H20N2O2. The van der Waals surface area contributed by atoms with E-state index in [4.69, 9.17) is 10.5 Å². The highest BCUT2D eigenvalue weighted by atomic mass is 16.5. The van der Waals surface area contributed by atoms with Gasteiger partial charge >= 0.3 is 0 Å². The van der Waals surface area contributed by atoms with Crippen molar-refractivity contribution in [1.29, 1.82) is 0 Å². The molecular weight excluding hydrogens is 264 g/mol. The van der Waals surface area contributed by atoms with Crippen LogP contribution in [0.3, 0.4) is 0 Å². The predicted molar refractivity (Wildman–Crippen MR) is 84.4 cm³/mol. The Morgan fingerprint density at radius 1 is 1.19 bits per heavy atom. The van der Waals surface area contributed by atoms with Gasteiger partial charge in [-0.25, -0.2) is 0 Å². The van der Waals surface area contributed by atoms with E-state index in [2.05, 4.69) is 0 Å². The predicted octanol–water partition coefficient (Wildman–Crippen LogP) is 2.86. The lowest BCUT2D eigenvalue weighted by Gasteiger charge is -2.18. The first-order valence-corrected chi connectivity index (χ1v) is 6.75. The van der Waals surface area contributed by atoms with Gasteiger partial charge in [0.25, 0.3) is 5.91 Å². The molecule has 0 aliphatic heterocycles. The van der Waals surface area contributed by atoms with E-state index in [1.807, 2.05) is 31.2 Å². The molecule has 0 atom stereocenters. The number of anilines is 1. The molecule has 0 aliphatic rings. The van der Waals surface area contributed by atoms with Crippen LogP contribution < -0.4 is 10.5 Å². The minimum Gasteiger partial charge on any atom is -0.497 e. The fourth-order valence-corrected chi connectivity index (χ4v) is 2.12. The van der Waals surface area contributed by atoms with Crippen molar-refractivity contribution in [3.8, 4) is 5.75 Å². The molecule has 110 valence electrons. The number of methoxy groups -OCH3 is 1. The van der Waals surface area contributed by atoms with Crippen molar-refractivity contribution in [3.05, 3.63) is 59.2 Å². The Morgan fingerprint density at radius 2 is 1.86 bits per heavy atom. The smallest absolute Gasteiger partial charge is 0.254 e. The zero-order valence-corrected chi connectivity index (χ0v) is 12.6. The van der Waals surface area contributed by atoms with Gasteiger partial charge in [-0.15, -0.1) is 0 Å². The maximum absolute atomic E-state index is 12.5. The maximum Gasteiger partial charge on any atom is 0.254 e. The number of nitrogen functional groups attached to an aromatic ring is 1. The van der Waals surface area contributed by atoms with Gasteiger partial charge in [-0.3, -0.25) is 4.79 Å². The Balaban J connectivity index is 2.15. The summed E-state index contributed by atoms with van der Waals surface area (Å²) >= 11 is 0. The van der Waals surface area contributed by atoms with Crippen molar-refractivity contribution in [3.63, 3.8) is 0 Å². The summed E-state index contributed by atoms with van der Waals surface area (Å²) in [5.74, 6) is 0.503. The van der Waals surface area contributed by atoms with E-state index in [1.165, 1.54) is 5.56 Å². The Kier molecular flexibility index (Phi) is 4.48. The molecule has 0 saturated heterocycles. The summed E-state index contributed by atoms with van der Waals surface area (Å²) in [6.45, 7) is 2.59. The first-order valence-electron chi connectivity index (χ1n) is 6.75. The fourth-order valence-electron chi connectivity index (χ4n) is 2.12. The van der Waals surface area contributed by atoms with E-state index in [-0.39, 0.29) is 5.91 Å². The zero-order chi connectivity index (χ0) is 15.4. The molecule has 0 fully saturated rings. The van der Waals surface area contributed by atoms with Crippen LogP contribution in [0.25, 0.3) is 0 Å². The second-order valence-corrected chi connectivity index (χ2v) is 5.14. The summed E-state index contributed by atoms with van der Waals surface area (Å²) in [6.07, 6.45) is 0. The van der Waals surface area contributed by atoms with Crippen molar-refractivity contribution in [2.24, 2.45) is 0 Å². The summed E-state index contributed by atoms with van der Waals surface area (Å²) in [4.78, 5) is 14.1. The van der Waals surface area contributed by atoms with Gasteiger partial charge in [0.2, 0.25) is 0 Å². The zero-order valence-electron chi connectivity index (χ0n) is 12.6. The van der Waals surface area contributed by atoms with Gasteiger partial charge < -0.3 is 15.4 Å². The third-order valence-electron chi connectivity index (χ3n) is 3.30. The van der Waals surface area contributed by atoms with Gasteiger partial charge in [0.1, 0.15) is 5.75 Å². The molecule has 1 amide bonds. The van der Waals surface area contributed by atoms with E-state index in [1.54, 1.807) is 37.3 Å². The fraction of sp³-hybridized carbons (Fsp3) is 0.235. The molecule has 2 aromatic rings. The van der Waals surface area contributed by atoms with E-state index in [0.29, 0.717) is 23.5 Å². The number of hydrogen-bond donors (Lipinski definition) is 1. The van der Waals surface area contributed by atoms with Gasteiger partial charge in [-0.2, -0.15) is 0 Å². The van der Waals surface area contributed by atoms with E-state index in [9.17, 15) is 4.79 Å². The SMILES string of the molecule is COc1cc(N)cc(C(=O)N(C)Cc2ccc(C)cc2)c1. The summed E-state index contributed by atoms with van der Waals surface area (Å²) in [7, 11) is 3.33. The summed E-state index contributed by atoms with van der Waals surface area (Å²) in [5.41, 5.74) is 9.13. The van der Waals surface area contributed by atoms with Crippen molar-refractivity contribution in [2.45, 2.75) is 13.5 Å². The number of aryl methyl sites for hydroxylation is 1. The van der Waals surface area contributed by atoms with E-state index >= 15 is 0 Å². The van der Waals surface area contributed by atoms with Crippen molar-refractivity contribution >= 4 is 11.6 Å². The number of ether oxygens (including phenoxy) is 1. The van der Waals surface area contributed by atoms with Crippen LogP contribution in [-0.2, 0) is 6.54 Å². The molecule has 0 unspecified atom stereocenters. The molecule has 2 N–H and O–H groups in total. The van der Waals surface area contributed by atoms with Gasteiger partial charge in [0.15, 0.2) is 0 Å². The average molecular weight is 284 g/mol. The molecule has 0 radical (unpaired) electrons. The summed E-state index contributed by atoms with van der Waals surface area (Å²) in [5, 5.41) is 0. The summed E-state index contributed by atoms with van der Waals surface area (Å²) in [6, 6.07) is 13.2. The van der Waals surface area contributed by atoms with Crippen molar-refractivity contribution in [1.82, 2.24) is 4.90 Å². The molecule has 0 heterocycles. The average Bonchev–Trinajstić information content (AvgIpc) is 2.48. The molecule has 0 saturated carbocycles. The van der Waals surface area contributed by atoms with Gasteiger partial charge in [-0.1, -0.05) is 29.8 Å².